The normalized spacial score (nSPS) is 24.0. The van der Waals surface area contributed by atoms with Gasteiger partial charge in [-0.05, 0) is 39.8 Å². The maximum absolute atomic E-state index is 16.1. The average Bonchev–Trinajstić information content (AvgIpc) is 3.45. The molecule has 0 unspecified atom stereocenters. The number of nitrogens with zero attached hydrogens (tertiary/aromatic N) is 4. The quantitative estimate of drug-likeness (QED) is 0.170. The van der Waals surface area contributed by atoms with E-state index in [-0.39, 0.29) is 41.0 Å². The van der Waals surface area contributed by atoms with Crippen molar-refractivity contribution in [3.63, 3.8) is 0 Å². The minimum Gasteiger partial charge on any atom is -0.462 e. The summed E-state index contributed by atoms with van der Waals surface area (Å²) >= 11 is 0. The summed E-state index contributed by atoms with van der Waals surface area (Å²) in [4.78, 5) is 36.7. The van der Waals surface area contributed by atoms with Gasteiger partial charge in [0.1, 0.15) is 24.0 Å². The summed E-state index contributed by atoms with van der Waals surface area (Å²) in [6.45, 7) is 6.89. The first-order chi connectivity index (χ1) is 20.2. The second-order valence-electron chi connectivity index (χ2n) is 10.3. The Kier molecular flexibility index (Phi) is 9.66. The number of para-hydroxylation sites is 1. The van der Waals surface area contributed by atoms with Crippen LogP contribution in [0.25, 0.3) is 11.2 Å². The molecule has 43 heavy (non-hydrogen) atoms. The number of halogens is 1. The molecule has 0 saturated carbocycles. The van der Waals surface area contributed by atoms with E-state index < -0.39 is 56.6 Å². The lowest BCUT2D eigenvalue weighted by molar-refractivity contribution is -0.149. The molecule has 15 nitrogen and oxygen atoms in total. The highest BCUT2D eigenvalue weighted by molar-refractivity contribution is 7.52. The number of nitrogens with two attached hydrogens (primary N) is 1. The molecular formula is C26H35FN7O8P. The molecule has 1 aliphatic rings. The van der Waals surface area contributed by atoms with Gasteiger partial charge in [0.2, 0.25) is 11.9 Å². The highest BCUT2D eigenvalue weighted by atomic mass is 31.2. The van der Waals surface area contributed by atoms with Crippen LogP contribution < -0.4 is 20.7 Å². The summed E-state index contributed by atoms with van der Waals surface area (Å²) in [5, 5.41) is 16.0. The molecular weight excluding hydrogens is 588 g/mol. The number of fused-ring (bicyclic) bond motifs is 1. The number of esters is 1. The second kappa shape index (κ2) is 12.9. The molecule has 3 aromatic rings. The van der Waals surface area contributed by atoms with E-state index in [0.29, 0.717) is 0 Å². The number of anilines is 2. The molecule has 5 N–H and O–H groups in total. The minimum absolute atomic E-state index is 0.0299. The molecule has 1 amide bonds. The fourth-order valence-electron chi connectivity index (χ4n) is 4.27. The van der Waals surface area contributed by atoms with Gasteiger partial charge in [-0.25, -0.2) is 13.9 Å². The zero-order chi connectivity index (χ0) is 31.5. The van der Waals surface area contributed by atoms with Crippen molar-refractivity contribution in [3.8, 4) is 5.75 Å². The Morgan fingerprint density at radius 1 is 1.26 bits per heavy atom. The number of carbonyl (C=O) groups excluding carboxylic acids is 2. The topological polar surface area (TPSA) is 202 Å². The van der Waals surface area contributed by atoms with E-state index >= 15 is 4.39 Å². The predicted molar refractivity (Wildman–Crippen MR) is 153 cm³/mol. The molecule has 6 atom stereocenters. The average molecular weight is 624 g/mol. The summed E-state index contributed by atoms with van der Waals surface area (Å²) in [6, 6.07) is 6.95. The Bertz CT molecular complexity index is 1510. The second-order valence-corrected chi connectivity index (χ2v) is 12.0. The molecule has 17 heteroatoms. The van der Waals surface area contributed by atoms with Crippen LogP contribution in [0.3, 0.4) is 0 Å². The van der Waals surface area contributed by atoms with Crippen LogP contribution in [0.4, 0.5) is 16.2 Å². The molecule has 3 heterocycles. The van der Waals surface area contributed by atoms with Gasteiger partial charge in [0.05, 0.1) is 19.0 Å². The van der Waals surface area contributed by atoms with Crippen LogP contribution >= 0.6 is 7.75 Å². The number of ether oxygens (including phenoxy) is 2. The van der Waals surface area contributed by atoms with Crippen LogP contribution in [0.2, 0.25) is 0 Å². The number of imidazole rings is 1. The van der Waals surface area contributed by atoms with Crippen LogP contribution in [-0.2, 0) is 28.2 Å². The lowest BCUT2D eigenvalue weighted by Crippen LogP contribution is -2.41. The summed E-state index contributed by atoms with van der Waals surface area (Å²) in [7, 11) is -4.33. The van der Waals surface area contributed by atoms with Crippen molar-refractivity contribution < 1.29 is 42.2 Å². The molecule has 1 aromatic carbocycles. The Hall–Kier alpha value is -3.69. The number of aliphatic hydroxyl groups is 1. The fourth-order valence-corrected chi connectivity index (χ4v) is 5.77. The molecule has 0 aliphatic carbocycles. The third-order valence-corrected chi connectivity index (χ3v) is 8.07. The Labute approximate surface area is 246 Å². The number of nitrogen functional groups attached to an aromatic ring is 1. The number of aliphatic hydroxyl groups excluding tert-OH is 1. The van der Waals surface area contributed by atoms with Crippen molar-refractivity contribution in [3.05, 3.63) is 36.7 Å². The van der Waals surface area contributed by atoms with Gasteiger partial charge in [0, 0.05) is 6.42 Å². The number of aromatic nitrogens is 4. The maximum Gasteiger partial charge on any atom is 0.459 e. The minimum atomic E-state index is -4.33. The number of amides is 1. The van der Waals surface area contributed by atoms with E-state index in [2.05, 4.69) is 25.4 Å². The fraction of sp³-hybridized carbons (Fsp3) is 0.500. The number of hydrogen-bond donors (Lipinski definition) is 4. The van der Waals surface area contributed by atoms with Crippen LogP contribution in [-0.4, -0.2) is 73.1 Å². The van der Waals surface area contributed by atoms with E-state index in [9.17, 15) is 19.3 Å². The van der Waals surface area contributed by atoms with Crippen molar-refractivity contribution in [1.29, 1.82) is 0 Å². The monoisotopic (exact) mass is 623 g/mol. The summed E-state index contributed by atoms with van der Waals surface area (Å²) < 4.78 is 53.3. The van der Waals surface area contributed by atoms with E-state index in [1.807, 2.05) is 0 Å². The van der Waals surface area contributed by atoms with Gasteiger partial charge in [-0.1, -0.05) is 25.1 Å². The zero-order valence-corrected chi connectivity index (χ0v) is 25.2. The lowest BCUT2D eigenvalue weighted by atomic mass is 9.98. The van der Waals surface area contributed by atoms with Crippen LogP contribution in [0.15, 0.2) is 36.7 Å². The molecule has 1 fully saturated rings. The van der Waals surface area contributed by atoms with Gasteiger partial charge in [-0.3, -0.25) is 18.7 Å². The molecule has 1 aliphatic heterocycles. The van der Waals surface area contributed by atoms with Crippen molar-refractivity contribution in [2.45, 2.75) is 77.3 Å². The summed E-state index contributed by atoms with van der Waals surface area (Å²) in [6.07, 6.45) is -3.67. The first-order valence-electron chi connectivity index (χ1n) is 13.5. The van der Waals surface area contributed by atoms with Crippen LogP contribution in [0.1, 0.15) is 47.3 Å². The summed E-state index contributed by atoms with van der Waals surface area (Å²) in [5.41, 5.74) is 3.57. The van der Waals surface area contributed by atoms with Crippen molar-refractivity contribution in [2.24, 2.45) is 0 Å². The molecule has 0 radical (unpaired) electrons. The Morgan fingerprint density at radius 3 is 2.60 bits per heavy atom. The number of alkyl halides is 1. The van der Waals surface area contributed by atoms with E-state index in [0.717, 1.165) is 6.92 Å². The van der Waals surface area contributed by atoms with Gasteiger partial charge >= 0.3 is 13.7 Å². The third kappa shape index (κ3) is 7.28. The lowest BCUT2D eigenvalue weighted by Gasteiger charge is -2.25. The van der Waals surface area contributed by atoms with E-state index in [4.69, 9.17) is 24.3 Å². The van der Waals surface area contributed by atoms with Gasteiger partial charge in [-0.15, -0.1) is 0 Å². The van der Waals surface area contributed by atoms with Gasteiger partial charge in [-0.2, -0.15) is 15.1 Å². The Morgan fingerprint density at radius 2 is 1.95 bits per heavy atom. The summed E-state index contributed by atoms with van der Waals surface area (Å²) in [5.74, 6) is -1.07. The van der Waals surface area contributed by atoms with Crippen molar-refractivity contribution in [1.82, 2.24) is 24.6 Å². The smallest absolute Gasteiger partial charge is 0.459 e. The molecule has 1 saturated heterocycles. The first kappa shape index (κ1) is 32.2. The molecule has 0 bridgehead atoms. The van der Waals surface area contributed by atoms with Crippen LogP contribution in [0, 0.1) is 0 Å². The van der Waals surface area contributed by atoms with Crippen LogP contribution in [0.5, 0.6) is 5.75 Å². The van der Waals surface area contributed by atoms with Gasteiger partial charge in [0.25, 0.3) is 0 Å². The molecule has 2 aromatic heterocycles. The molecule has 4 rings (SSSR count). The van der Waals surface area contributed by atoms with Crippen molar-refractivity contribution >= 4 is 42.6 Å². The number of nitrogens with one attached hydrogen (secondary N) is 2. The highest BCUT2D eigenvalue weighted by Gasteiger charge is 2.56. The SMILES string of the molecule is CCC(=O)Nc1nc(N)nc2c1ncn2[C@@H]1O[C@H](CO[P@](=O)(N[C@@H](C)C(=O)OC(C)C)Oc2ccccc2)[C@@H](O)[C@@]1(C)F. The Balaban J connectivity index is 1.57. The van der Waals surface area contributed by atoms with E-state index in [1.165, 1.54) is 30.0 Å². The standard InChI is InChI=1S/C26H35FN7O8P/c1-6-18(35)30-21-19-22(32-25(28)31-21)34(13-29-19)24-26(5,27)20(36)17(41-24)12-39-43(38,42-16-10-8-7-9-11-16)33-15(4)23(37)40-14(2)3/h7-11,13-15,17,20,24,36H,6,12H2,1-5H3,(H,33,38)(H3,28,30,31,32,35)/t15-,17+,20+,24+,26+,43+/m0/s1. The van der Waals surface area contributed by atoms with E-state index in [1.54, 1.807) is 39.0 Å². The van der Waals surface area contributed by atoms with Gasteiger partial charge in [0.15, 0.2) is 28.9 Å². The van der Waals surface area contributed by atoms with Crippen molar-refractivity contribution in [2.75, 3.05) is 17.7 Å². The van der Waals surface area contributed by atoms with Gasteiger partial charge < -0.3 is 30.2 Å². The molecule has 234 valence electrons. The maximum atomic E-state index is 16.1. The first-order valence-corrected chi connectivity index (χ1v) is 15.1. The predicted octanol–water partition coefficient (Wildman–Crippen LogP) is 2.88. The number of carbonyl (C=O) groups is 2. The number of hydrogen-bond acceptors (Lipinski definition) is 12. The largest absolute Gasteiger partial charge is 0.462 e. The highest BCUT2D eigenvalue weighted by Crippen LogP contribution is 2.48. The zero-order valence-electron chi connectivity index (χ0n) is 24.3. The third-order valence-electron chi connectivity index (χ3n) is 6.42. The number of rotatable bonds is 12. The number of benzene rings is 1. The molecule has 0 spiro atoms.